The van der Waals surface area contributed by atoms with Crippen molar-refractivity contribution in [2.45, 2.75) is 18.6 Å². The zero-order valence-corrected chi connectivity index (χ0v) is 9.18. The molecule has 0 aliphatic carbocycles. The second-order valence-electron chi connectivity index (χ2n) is 3.69. The van der Waals surface area contributed by atoms with Crippen molar-refractivity contribution in [1.82, 2.24) is 0 Å². The molecule has 0 fully saturated rings. The minimum Gasteiger partial charge on any atom is -0.481 e. The van der Waals surface area contributed by atoms with Crippen molar-refractivity contribution < 1.29 is 25.0 Å². The van der Waals surface area contributed by atoms with Crippen molar-refractivity contribution in [2.24, 2.45) is 0 Å². The number of benzene rings is 1. The number of rotatable bonds is 5. The fraction of sp³-hybridized carbons (Fsp3) is 0.300. The number of nitro benzene ring substituents is 1. The maximum atomic E-state index is 10.8. The molecule has 0 saturated heterocycles. The lowest BCUT2D eigenvalue weighted by atomic mass is 10.00. The maximum Gasteiger partial charge on any atom is 0.306 e. The van der Waals surface area contributed by atoms with Gasteiger partial charge in [-0.05, 0) is 12.1 Å². The molecule has 0 saturated carbocycles. The summed E-state index contributed by atoms with van der Waals surface area (Å²) < 4.78 is 0. The Morgan fingerprint density at radius 1 is 1.44 bits per heavy atom. The molecule has 8 nitrogen and oxygen atoms in total. The first-order valence-corrected chi connectivity index (χ1v) is 4.94. The molecule has 0 radical (unpaired) electrons. The van der Waals surface area contributed by atoms with E-state index in [1.165, 1.54) is 12.1 Å². The van der Waals surface area contributed by atoms with E-state index in [-0.39, 0.29) is 11.3 Å². The SMILES string of the molecule is Nc1ccc(C(O)C(O)CC(=O)O)c([N+](=O)[O-])c1. The smallest absolute Gasteiger partial charge is 0.306 e. The van der Waals surface area contributed by atoms with Crippen LogP contribution in [0.3, 0.4) is 0 Å². The van der Waals surface area contributed by atoms with Crippen LogP contribution in [0.1, 0.15) is 18.1 Å². The first-order valence-electron chi connectivity index (χ1n) is 4.94. The molecule has 5 N–H and O–H groups in total. The Bertz CT molecular complexity index is 475. The van der Waals surface area contributed by atoms with Gasteiger partial charge in [-0.2, -0.15) is 0 Å². The van der Waals surface area contributed by atoms with Crippen LogP contribution in [-0.2, 0) is 4.79 Å². The van der Waals surface area contributed by atoms with Gasteiger partial charge in [0.2, 0.25) is 0 Å². The highest BCUT2D eigenvalue weighted by atomic mass is 16.6. The standard InChI is InChI=1S/C10H12N2O6/c11-5-1-2-6(7(3-5)12(17)18)10(16)8(13)4-9(14)15/h1-3,8,10,13,16H,4,11H2,(H,14,15). The van der Waals surface area contributed by atoms with E-state index in [2.05, 4.69) is 0 Å². The molecule has 98 valence electrons. The highest BCUT2D eigenvalue weighted by Gasteiger charge is 2.27. The summed E-state index contributed by atoms with van der Waals surface area (Å²) in [5, 5.41) is 38.4. The predicted molar refractivity (Wildman–Crippen MR) is 60.7 cm³/mol. The lowest BCUT2D eigenvalue weighted by molar-refractivity contribution is -0.386. The number of nitrogen functional groups attached to an aromatic ring is 1. The molecule has 0 bridgehead atoms. The lowest BCUT2D eigenvalue weighted by Crippen LogP contribution is -2.22. The maximum absolute atomic E-state index is 10.8. The van der Waals surface area contributed by atoms with E-state index in [1.807, 2.05) is 0 Å². The van der Waals surface area contributed by atoms with Gasteiger partial charge in [-0.25, -0.2) is 0 Å². The van der Waals surface area contributed by atoms with Gasteiger partial charge in [-0.1, -0.05) is 0 Å². The largest absolute Gasteiger partial charge is 0.481 e. The van der Waals surface area contributed by atoms with Crippen LogP contribution in [0.2, 0.25) is 0 Å². The van der Waals surface area contributed by atoms with E-state index in [1.54, 1.807) is 0 Å². The summed E-state index contributed by atoms with van der Waals surface area (Å²) in [5.74, 6) is -1.32. The van der Waals surface area contributed by atoms with Crippen LogP contribution in [0.5, 0.6) is 0 Å². The molecule has 2 atom stereocenters. The molecule has 2 unspecified atom stereocenters. The van der Waals surface area contributed by atoms with Crippen LogP contribution in [0.4, 0.5) is 11.4 Å². The number of carboxylic acid groups (broad SMARTS) is 1. The third kappa shape index (κ3) is 3.15. The van der Waals surface area contributed by atoms with Crippen LogP contribution in [-0.4, -0.2) is 32.3 Å². The Labute approximate surface area is 101 Å². The van der Waals surface area contributed by atoms with Gasteiger partial charge in [0.15, 0.2) is 0 Å². The van der Waals surface area contributed by atoms with E-state index in [0.29, 0.717) is 0 Å². The van der Waals surface area contributed by atoms with E-state index in [9.17, 15) is 25.1 Å². The molecule has 8 heteroatoms. The summed E-state index contributed by atoms with van der Waals surface area (Å²) in [4.78, 5) is 20.4. The van der Waals surface area contributed by atoms with E-state index < -0.39 is 35.2 Å². The third-order valence-corrected chi connectivity index (χ3v) is 2.32. The van der Waals surface area contributed by atoms with Gasteiger partial charge in [-0.15, -0.1) is 0 Å². The number of aliphatic hydroxyl groups is 2. The number of nitrogens with zero attached hydrogens (tertiary/aromatic N) is 1. The van der Waals surface area contributed by atoms with Crippen molar-refractivity contribution in [3.05, 3.63) is 33.9 Å². The van der Waals surface area contributed by atoms with Crippen molar-refractivity contribution in [1.29, 1.82) is 0 Å². The molecule has 1 aromatic carbocycles. The number of nitrogens with two attached hydrogens (primary N) is 1. The minimum atomic E-state index is -1.66. The Morgan fingerprint density at radius 2 is 2.06 bits per heavy atom. The van der Waals surface area contributed by atoms with Crippen LogP contribution in [0, 0.1) is 10.1 Å². The summed E-state index contributed by atoms with van der Waals surface area (Å²) in [7, 11) is 0. The Hall–Kier alpha value is -2.19. The van der Waals surface area contributed by atoms with Crippen LogP contribution < -0.4 is 5.73 Å². The molecule has 1 rings (SSSR count). The van der Waals surface area contributed by atoms with Gasteiger partial charge in [0.05, 0.1) is 23.0 Å². The van der Waals surface area contributed by atoms with E-state index >= 15 is 0 Å². The average molecular weight is 256 g/mol. The minimum absolute atomic E-state index is 0.130. The zero-order chi connectivity index (χ0) is 13.9. The van der Waals surface area contributed by atoms with Crippen LogP contribution in [0.25, 0.3) is 0 Å². The number of aliphatic hydroxyl groups excluding tert-OH is 2. The van der Waals surface area contributed by atoms with Crippen LogP contribution >= 0.6 is 0 Å². The molecular weight excluding hydrogens is 244 g/mol. The second-order valence-corrected chi connectivity index (χ2v) is 3.69. The van der Waals surface area contributed by atoms with Gasteiger partial charge in [0.1, 0.15) is 6.10 Å². The summed E-state index contributed by atoms with van der Waals surface area (Å²) in [6.07, 6.45) is -4.02. The quantitative estimate of drug-likeness (QED) is 0.330. The number of nitro groups is 1. The summed E-state index contributed by atoms with van der Waals surface area (Å²) >= 11 is 0. The van der Waals surface area contributed by atoms with E-state index in [0.717, 1.165) is 6.07 Å². The Kier molecular flexibility index (Phi) is 4.18. The summed E-state index contributed by atoms with van der Waals surface area (Å²) in [6, 6.07) is 3.54. The van der Waals surface area contributed by atoms with Gasteiger partial charge < -0.3 is 21.1 Å². The van der Waals surface area contributed by atoms with Crippen molar-refractivity contribution >= 4 is 17.3 Å². The first kappa shape index (κ1) is 13.9. The first-order chi connectivity index (χ1) is 8.32. The highest BCUT2D eigenvalue weighted by Crippen LogP contribution is 2.29. The molecular formula is C10H12N2O6. The Balaban J connectivity index is 3.08. The molecule has 0 aliphatic heterocycles. The van der Waals surface area contributed by atoms with Gasteiger partial charge in [0.25, 0.3) is 5.69 Å². The van der Waals surface area contributed by atoms with Gasteiger partial charge in [-0.3, -0.25) is 14.9 Å². The normalized spacial score (nSPS) is 13.9. The average Bonchev–Trinajstić information content (AvgIpc) is 2.26. The zero-order valence-electron chi connectivity index (χ0n) is 9.18. The third-order valence-electron chi connectivity index (χ3n) is 2.32. The van der Waals surface area contributed by atoms with Crippen molar-refractivity contribution in [3.8, 4) is 0 Å². The monoisotopic (exact) mass is 256 g/mol. The molecule has 0 aromatic heterocycles. The van der Waals surface area contributed by atoms with Gasteiger partial charge >= 0.3 is 5.97 Å². The summed E-state index contributed by atoms with van der Waals surface area (Å²) in [5.41, 5.74) is 4.87. The molecule has 0 spiro atoms. The van der Waals surface area contributed by atoms with Gasteiger partial charge in [0, 0.05) is 11.8 Å². The summed E-state index contributed by atoms with van der Waals surface area (Å²) in [6.45, 7) is 0. The van der Waals surface area contributed by atoms with Crippen molar-refractivity contribution in [3.63, 3.8) is 0 Å². The molecule has 0 heterocycles. The predicted octanol–water partition coefficient (Wildman–Crippen LogP) is 0.0460. The highest BCUT2D eigenvalue weighted by molar-refractivity contribution is 5.67. The fourth-order valence-electron chi connectivity index (χ4n) is 1.47. The second kappa shape index (κ2) is 5.43. The number of aliphatic carboxylic acids is 1. The fourth-order valence-corrected chi connectivity index (χ4v) is 1.47. The number of carbonyl (C=O) groups is 1. The molecule has 1 aromatic rings. The number of hydrogen-bond acceptors (Lipinski definition) is 6. The topological polar surface area (TPSA) is 147 Å². The lowest BCUT2D eigenvalue weighted by Gasteiger charge is -2.16. The van der Waals surface area contributed by atoms with Crippen LogP contribution in [0.15, 0.2) is 18.2 Å². The number of hydrogen-bond donors (Lipinski definition) is 4. The van der Waals surface area contributed by atoms with Crippen molar-refractivity contribution in [2.75, 3.05) is 5.73 Å². The Morgan fingerprint density at radius 3 is 2.56 bits per heavy atom. The molecule has 0 amide bonds. The number of anilines is 1. The molecule has 0 aliphatic rings. The number of carboxylic acids is 1. The van der Waals surface area contributed by atoms with E-state index in [4.69, 9.17) is 10.8 Å². The molecule has 18 heavy (non-hydrogen) atoms.